The summed E-state index contributed by atoms with van der Waals surface area (Å²) in [5.74, 6) is 1.22. The van der Waals surface area contributed by atoms with Crippen LogP contribution >= 0.6 is 35.0 Å². The third kappa shape index (κ3) is 5.41. The maximum absolute atomic E-state index is 12.8. The van der Waals surface area contributed by atoms with Crippen LogP contribution in [0.2, 0.25) is 10.0 Å². The minimum atomic E-state index is -0.186. The van der Waals surface area contributed by atoms with Gasteiger partial charge in [-0.2, -0.15) is 0 Å². The summed E-state index contributed by atoms with van der Waals surface area (Å²) in [6.07, 6.45) is 3.65. The number of methoxy groups -OCH3 is 1. The van der Waals surface area contributed by atoms with Gasteiger partial charge in [0.1, 0.15) is 11.6 Å². The van der Waals surface area contributed by atoms with Crippen LogP contribution in [0.25, 0.3) is 0 Å². The summed E-state index contributed by atoms with van der Waals surface area (Å²) in [4.78, 5) is 21.7. The molecule has 8 heteroatoms. The van der Waals surface area contributed by atoms with Gasteiger partial charge in [0.2, 0.25) is 0 Å². The minimum absolute atomic E-state index is 0.0864. The number of hydrogen-bond acceptors (Lipinski definition) is 6. The zero-order valence-electron chi connectivity index (χ0n) is 15.9. The number of rotatable bonds is 8. The number of halogens is 2. The number of carbonyl (C=O) groups excluding carboxylic acids is 1. The number of nitrogens with one attached hydrogen (secondary N) is 1. The number of thioether (sulfide) groups is 1. The summed E-state index contributed by atoms with van der Waals surface area (Å²) < 4.78 is 5.18. The van der Waals surface area contributed by atoms with Crippen molar-refractivity contribution in [1.29, 1.82) is 0 Å². The molecule has 29 heavy (non-hydrogen) atoms. The van der Waals surface area contributed by atoms with Crippen LogP contribution in [0.3, 0.4) is 0 Å². The Kier molecular flexibility index (Phi) is 7.36. The minimum Gasteiger partial charge on any atom is -0.497 e. The van der Waals surface area contributed by atoms with Crippen molar-refractivity contribution in [2.45, 2.75) is 18.1 Å². The molecule has 1 aromatic heterocycles. The molecule has 3 rings (SSSR count). The standard InChI is InChI=1S/C21H19Cl2N3O2S/c1-28-15-8-6-13(7-9-15)11-24-20-14(12-25-21(26-20)29-2)10-18(27)19-16(22)4-3-5-17(19)23/h3-9,12H,10-11H2,1-2H3,(H,24,25,26). The Morgan fingerprint density at radius 3 is 2.45 bits per heavy atom. The van der Waals surface area contributed by atoms with E-state index in [1.807, 2.05) is 30.5 Å². The largest absolute Gasteiger partial charge is 0.497 e. The fourth-order valence-corrected chi connectivity index (χ4v) is 3.68. The predicted octanol–water partition coefficient (Wildman–Crippen LogP) is 5.55. The van der Waals surface area contributed by atoms with E-state index < -0.39 is 0 Å². The summed E-state index contributed by atoms with van der Waals surface area (Å²) in [6, 6.07) is 12.7. The van der Waals surface area contributed by atoms with Gasteiger partial charge in [0.25, 0.3) is 0 Å². The molecule has 1 heterocycles. The molecule has 0 saturated heterocycles. The smallest absolute Gasteiger partial charge is 0.189 e. The molecule has 0 amide bonds. The van der Waals surface area contributed by atoms with E-state index in [0.717, 1.165) is 11.3 Å². The van der Waals surface area contributed by atoms with Crippen LogP contribution in [0.4, 0.5) is 5.82 Å². The van der Waals surface area contributed by atoms with Crippen LogP contribution in [0.15, 0.2) is 53.8 Å². The van der Waals surface area contributed by atoms with Crippen molar-refractivity contribution in [2.75, 3.05) is 18.7 Å². The first kappa shape index (κ1) is 21.4. The van der Waals surface area contributed by atoms with E-state index in [1.54, 1.807) is 31.5 Å². The van der Waals surface area contributed by atoms with Gasteiger partial charge in [-0.05, 0) is 36.1 Å². The number of anilines is 1. The second-order valence-electron chi connectivity index (χ2n) is 6.13. The fraction of sp³-hybridized carbons (Fsp3) is 0.190. The molecule has 0 radical (unpaired) electrons. The summed E-state index contributed by atoms with van der Waals surface area (Å²) in [6.45, 7) is 0.545. The van der Waals surface area contributed by atoms with E-state index in [0.29, 0.717) is 38.7 Å². The molecule has 1 N–H and O–H groups in total. The van der Waals surface area contributed by atoms with Crippen molar-refractivity contribution in [3.63, 3.8) is 0 Å². The average Bonchev–Trinajstić information content (AvgIpc) is 2.73. The molecule has 5 nitrogen and oxygen atoms in total. The van der Waals surface area contributed by atoms with Crippen molar-refractivity contribution in [2.24, 2.45) is 0 Å². The lowest BCUT2D eigenvalue weighted by atomic mass is 10.0. The van der Waals surface area contributed by atoms with E-state index in [4.69, 9.17) is 27.9 Å². The highest BCUT2D eigenvalue weighted by Gasteiger charge is 2.18. The van der Waals surface area contributed by atoms with Crippen LogP contribution in [-0.2, 0) is 13.0 Å². The highest BCUT2D eigenvalue weighted by molar-refractivity contribution is 7.98. The Morgan fingerprint density at radius 2 is 1.83 bits per heavy atom. The molecule has 0 fully saturated rings. The molecule has 0 spiro atoms. The highest BCUT2D eigenvalue weighted by Crippen LogP contribution is 2.27. The second kappa shape index (κ2) is 9.96. The number of benzene rings is 2. The first-order valence-corrected chi connectivity index (χ1v) is 10.7. The molecule has 3 aromatic rings. The van der Waals surface area contributed by atoms with Gasteiger partial charge in [-0.25, -0.2) is 9.97 Å². The van der Waals surface area contributed by atoms with E-state index in [-0.39, 0.29) is 12.2 Å². The van der Waals surface area contributed by atoms with Crippen molar-refractivity contribution in [3.8, 4) is 5.75 Å². The lowest BCUT2D eigenvalue weighted by Gasteiger charge is -2.13. The van der Waals surface area contributed by atoms with Gasteiger partial charge in [0.15, 0.2) is 10.9 Å². The SMILES string of the molecule is COc1ccc(CNc2nc(SC)ncc2CC(=O)c2c(Cl)cccc2Cl)cc1. The van der Waals surface area contributed by atoms with Crippen molar-refractivity contribution < 1.29 is 9.53 Å². The van der Waals surface area contributed by atoms with Crippen LogP contribution in [0, 0.1) is 0 Å². The highest BCUT2D eigenvalue weighted by atomic mass is 35.5. The number of ether oxygens (including phenoxy) is 1. The quantitative estimate of drug-likeness (QED) is 0.277. The Morgan fingerprint density at radius 1 is 1.14 bits per heavy atom. The first-order chi connectivity index (χ1) is 14.0. The van der Waals surface area contributed by atoms with Gasteiger partial charge in [0.05, 0.1) is 22.7 Å². The summed E-state index contributed by atoms with van der Waals surface area (Å²) in [5.41, 5.74) is 2.05. The van der Waals surface area contributed by atoms with E-state index in [1.165, 1.54) is 11.8 Å². The maximum atomic E-state index is 12.8. The van der Waals surface area contributed by atoms with Crippen molar-refractivity contribution >= 4 is 46.6 Å². The van der Waals surface area contributed by atoms with Gasteiger partial charge in [0, 0.05) is 24.7 Å². The maximum Gasteiger partial charge on any atom is 0.189 e. The normalized spacial score (nSPS) is 10.6. The molecular weight excluding hydrogens is 429 g/mol. The van der Waals surface area contributed by atoms with Crippen molar-refractivity contribution in [3.05, 3.63) is 75.4 Å². The third-order valence-electron chi connectivity index (χ3n) is 4.24. The fourth-order valence-electron chi connectivity index (χ4n) is 2.73. The van der Waals surface area contributed by atoms with Crippen LogP contribution in [0.1, 0.15) is 21.5 Å². The number of Topliss-reactive ketones (excluding diaryl/α,β-unsaturated/α-hetero) is 1. The Hall–Kier alpha value is -2.28. The van der Waals surface area contributed by atoms with E-state index >= 15 is 0 Å². The van der Waals surface area contributed by atoms with Gasteiger partial charge in [-0.1, -0.05) is 53.2 Å². The molecule has 2 aromatic carbocycles. The Balaban J connectivity index is 1.82. The molecule has 0 saturated carbocycles. The number of hydrogen-bond donors (Lipinski definition) is 1. The molecule has 0 unspecified atom stereocenters. The van der Waals surface area contributed by atoms with Gasteiger partial charge in [-0.3, -0.25) is 4.79 Å². The van der Waals surface area contributed by atoms with Gasteiger partial charge in [-0.15, -0.1) is 0 Å². The lowest BCUT2D eigenvalue weighted by molar-refractivity contribution is 0.0993. The summed E-state index contributed by atoms with van der Waals surface area (Å²) in [7, 11) is 1.63. The Bertz CT molecular complexity index is 993. The van der Waals surface area contributed by atoms with Gasteiger partial charge >= 0.3 is 0 Å². The zero-order valence-corrected chi connectivity index (χ0v) is 18.2. The van der Waals surface area contributed by atoms with E-state index in [9.17, 15) is 4.79 Å². The van der Waals surface area contributed by atoms with Crippen LogP contribution in [-0.4, -0.2) is 29.1 Å². The summed E-state index contributed by atoms with van der Waals surface area (Å²) >= 11 is 13.8. The van der Waals surface area contributed by atoms with Crippen molar-refractivity contribution in [1.82, 2.24) is 9.97 Å². The number of ketones is 1. The number of carbonyl (C=O) groups is 1. The van der Waals surface area contributed by atoms with Crippen LogP contribution < -0.4 is 10.1 Å². The second-order valence-corrected chi connectivity index (χ2v) is 7.72. The molecule has 0 atom stereocenters. The lowest BCUT2D eigenvalue weighted by Crippen LogP contribution is -2.11. The van der Waals surface area contributed by atoms with Crippen LogP contribution in [0.5, 0.6) is 5.75 Å². The number of aromatic nitrogens is 2. The summed E-state index contributed by atoms with van der Waals surface area (Å²) in [5, 5.41) is 4.58. The van der Waals surface area contributed by atoms with Gasteiger partial charge < -0.3 is 10.1 Å². The molecule has 0 aliphatic heterocycles. The topological polar surface area (TPSA) is 64.1 Å². The third-order valence-corrected chi connectivity index (χ3v) is 5.43. The zero-order chi connectivity index (χ0) is 20.8. The predicted molar refractivity (Wildman–Crippen MR) is 119 cm³/mol. The molecule has 0 bridgehead atoms. The average molecular weight is 448 g/mol. The molecule has 150 valence electrons. The number of nitrogens with zero attached hydrogens (tertiary/aromatic N) is 2. The monoisotopic (exact) mass is 447 g/mol. The molecule has 0 aliphatic carbocycles. The Labute approximate surface area is 183 Å². The van der Waals surface area contributed by atoms with E-state index in [2.05, 4.69) is 15.3 Å². The first-order valence-electron chi connectivity index (χ1n) is 8.75. The molecular formula is C21H19Cl2N3O2S. The molecule has 0 aliphatic rings.